The maximum Gasteiger partial charge on any atom is 0.0245 e. The van der Waals surface area contributed by atoms with Crippen molar-refractivity contribution in [1.82, 2.24) is 4.90 Å². The fourth-order valence-electron chi connectivity index (χ4n) is 3.30. The normalized spacial score (nSPS) is 26.4. The third-order valence-electron chi connectivity index (χ3n) is 3.88. The van der Waals surface area contributed by atoms with Gasteiger partial charge in [-0.1, -0.05) is 20.8 Å². The first-order valence-corrected chi connectivity index (χ1v) is 7.76. The highest BCUT2D eigenvalue weighted by Gasteiger charge is 2.22. The van der Waals surface area contributed by atoms with Gasteiger partial charge in [0, 0.05) is 24.5 Å². The standard InChI is InChI=1S/C15H25NS/c1-5-15-13(4)17-10-14(15)9-16-7-11(2)6-12(3)8-16/h10-12H,5-9H2,1-4H3. The first kappa shape index (κ1) is 13.1. The van der Waals surface area contributed by atoms with Crippen molar-refractivity contribution in [2.75, 3.05) is 13.1 Å². The lowest BCUT2D eigenvalue weighted by molar-refractivity contribution is 0.134. The second kappa shape index (κ2) is 5.53. The van der Waals surface area contributed by atoms with Crippen molar-refractivity contribution in [3.05, 3.63) is 21.4 Å². The molecule has 0 saturated carbocycles. The molecule has 0 aromatic carbocycles. The molecule has 1 aliphatic rings. The van der Waals surface area contributed by atoms with E-state index in [9.17, 15) is 0 Å². The minimum atomic E-state index is 0.864. The van der Waals surface area contributed by atoms with Crippen LogP contribution >= 0.6 is 11.3 Å². The summed E-state index contributed by atoms with van der Waals surface area (Å²) in [5.74, 6) is 1.73. The molecule has 0 amide bonds. The van der Waals surface area contributed by atoms with Crippen molar-refractivity contribution >= 4 is 11.3 Å². The zero-order valence-corrected chi connectivity index (χ0v) is 12.4. The summed E-state index contributed by atoms with van der Waals surface area (Å²) < 4.78 is 0. The number of thiophene rings is 1. The minimum absolute atomic E-state index is 0.864. The molecule has 0 radical (unpaired) electrons. The first-order valence-electron chi connectivity index (χ1n) is 6.88. The highest BCUT2D eigenvalue weighted by atomic mass is 32.1. The van der Waals surface area contributed by atoms with Crippen molar-refractivity contribution in [3.8, 4) is 0 Å². The van der Waals surface area contributed by atoms with Gasteiger partial charge in [-0.15, -0.1) is 11.3 Å². The predicted octanol–water partition coefficient (Wildman–Crippen LogP) is 4.10. The van der Waals surface area contributed by atoms with Gasteiger partial charge in [-0.25, -0.2) is 0 Å². The van der Waals surface area contributed by atoms with Gasteiger partial charge >= 0.3 is 0 Å². The summed E-state index contributed by atoms with van der Waals surface area (Å²) in [4.78, 5) is 4.17. The van der Waals surface area contributed by atoms with Gasteiger partial charge in [0.2, 0.25) is 0 Å². The number of piperidine rings is 1. The van der Waals surface area contributed by atoms with Gasteiger partial charge in [-0.3, -0.25) is 4.90 Å². The average Bonchev–Trinajstić information content (AvgIpc) is 2.57. The maximum atomic E-state index is 2.65. The number of nitrogens with zero attached hydrogens (tertiary/aromatic N) is 1. The van der Waals surface area contributed by atoms with E-state index in [1.165, 1.54) is 37.4 Å². The molecular weight excluding hydrogens is 226 g/mol. The van der Waals surface area contributed by atoms with Crippen LogP contribution < -0.4 is 0 Å². The average molecular weight is 251 g/mol. The monoisotopic (exact) mass is 251 g/mol. The summed E-state index contributed by atoms with van der Waals surface area (Å²) in [6.07, 6.45) is 2.59. The molecule has 1 saturated heterocycles. The Hall–Kier alpha value is -0.340. The zero-order chi connectivity index (χ0) is 12.4. The Morgan fingerprint density at radius 3 is 2.53 bits per heavy atom. The fourth-order valence-corrected chi connectivity index (χ4v) is 4.25. The second-order valence-electron chi connectivity index (χ2n) is 5.79. The third-order valence-corrected chi connectivity index (χ3v) is 4.88. The van der Waals surface area contributed by atoms with E-state index in [0.29, 0.717) is 0 Å². The first-order chi connectivity index (χ1) is 8.10. The van der Waals surface area contributed by atoms with Crippen LogP contribution in [0.2, 0.25) is 0 Å². The number of aryl methyl sites for hydroxylation is 1. The second-order valence-corrected chi connectivity index (χ2v) is 6.87. The van der Waals surface area contributed by atoms with Crippen LogP contribution in [-0.2, 0) is 13.0 Å². The largest absolute Gasteiger partial charge is 0.299 e. The van der Waals surface area contributed by atoms with Crippen LogP contribution in [0.15, 0.2) is 5.38 Å². The topological polar surface area (TPSA) is 3.24 Å². The van der Waals surface area contributed by atoms with Crippen LogP contribution in [0.25, 0.3) is 0 Å². The molecule has 96 valence electrons. The van der Waals surface area contributed by atoms with E-state index in [2.05, 4.69) is 38.0 Å². The molecular formula is C15H25NS. The molecule has 0 aliphatic carbocycles. The van der Waals surface area contributed by atoms with Gasteiger partial charge in [-0.05, 0) is 48.1 Å². The summed E-state index contributed by atoms with van der Waals surface area (Å²) in [5, 5.41) is 2.37. The van der Waals surface area contributed by atoms with Gasteiger partial charge < -0.3 is 0 Å². The Morgan fingerprint density at radius 1 is 1.29 bits per heavy atom. The van der Waals surface area contributed by atoms with E-state index in [1.54, 1.807) is 11.1 Å². The Bertz CT molecular complexity index is 359. The SMILES string of the molecule is CCc1c(CN2CC(C)CC(C)C2)csc1C. The molecule has 17 heavy (non-hydrogen) atoms. The summed E-state index contributed by atoms with van der Waals surface area (Å²) >= 11 is 1.92. The van der Waals surface area contributed by atoms with Crippen molar-refractivity contribution < 1.29 is 0 Å². The highest BCUT2D eigenvalue weighted by Crippen LogP contribution is 2.27. The molecule has 2 heterocycles. The number of hydrogen-bond acceptors (Lipinski definition) is 2. The molecule has 1 aliphatic heterocycles. The van der Waals surface area contributed by atoms with Crippen molar-refractivity contribution in [2.45, 2.75) is 47.1 Å². The van der Waals surface area contributed by atoms with Gasteiger partial charge in [0.15, 0.2) is 0 Å². The molecule has 1 aromatic rings. The minimum Gasteiger partial charge on any atom is -0.299 e. The summed E-state index contributed by atoms with van der Waals surface area (Å²) in [7, 11) is 0. The number of rotatable bonds is 3. The molecule has 1 nitrogen and oxygen atoms in total. The molecule has 2 heteroatoms. The zero-order valence-electron chi connectivity index (χ0n) is 11.6. The maximum absolute atomic E-state index is 2.65. The molecule has 2 atom stereocenters. The van der Waals surface area contributed by atoms with E-state index in [-0.39, 0.29) is 0 Å². The van der Waals surface area contributed by atoms with E-state index in [4.69, 9.17) is 0 Å². The van der Waals surface area contributed by atoms with Crippen molar-refractivity contribution in [1.29, 1.82) is 0 Å². The Morgan fingerprint density at radius 2 is 1.94 bits per heavy atom. The molecule has 1 fully saturated rings. The summed E-state index contributed by atoms with van der Waals surface area (Å²) in [5.41, 5.74) is 3.18. The summed E-state index contributed by atoms with van der Waals surface area (Å²) in [6.45, 7) is 13.0. The Kier molecular flexibility index (Phi) is 4.26. The fraction of sp³-hybridized carbons (Fsp3) is 0.733. The Labute approximate surface area is 110 Å². The van der Waals surface area contributed by atoms with Crippen LogP contribution in [0, 0.1) is 18.8 Å². The van der Waals surface area contributed by atoms with Crippen LogP contribution in [0.1, 0.15) is 43.2 Å². The quantitative estimate of drug-likeness (QED) is 0.782. The molecule has 0 N–H and O–H groups in total. The third kappa shape index (κ3) is 3.11. The number of hydrogen-bond donors (Lipinski definition) is 0. The Balaban J connectivity index is 2.04. The summed E-state index contributed by atoms with van der Waals surface area (Å²) in [6, 6.07) is 0. The van der Waals surface area contributed by atoms with Gasteiger partial charge in [0.05, 0.1) is 0 Å². The number of likely N-dealkylation sites (tertiary alicyclic amines) is 1. The van der Waals surface area contributed by atoms with Gasteiger partial charge in [0.25, 0.3) is 0 Å². The van der Waals surface area contributed by atoms with E-state index < -0.39 is 0 Å². The predicted molar refractivity (Wildman–Crippen MR) is 76.7 cm³/mol. The van der Waals surface area contributed by atoms with Crippen LogP contribution in [-0.4, -0.2) is 18.0 Å². The molecule has 1 aromatic heterocycles. The van der Waals surface area contributed by atoms with Crippen molar-refractivity contribution in [2.24, 2.45) is 11.8 Å². The van der Waals surface area contributed by atoms with Gasteiger partial charge in [0.1, 0.15) is 0 Å². The van der Waals surface area contributed by atoms with Crippen molar-refractivity contribution in [3.63, 3.8) is 0 Å². The molecule has 2 unspecified atom stereocenters. The smallest absolute Gasteiger partial charge is 0.0245 e. The lowest BCUT2D eigenvalue weighted by Crippen LogP contribution is -2.38. The lowest BCUT2D eigenvalue weighted by Gasteiger charge is -2.35. The molecule has 0 spiro atoms. The lowest BCUT2D eigenvalue weighted by atomic mass is 9.91. The molecule has 0 bridgehead atoms. The van der Waals surface area contributed by atoms with E-state index >= 15 is 0 Å². The van der Waals surface area contributed by atoms with E-state index in [1.807, 2.05) is 11.3 Å². The molecule has 2 rings (SSSR count). The van der Waals surface area contributed by atoms with E-state index in [0.717, 1.165) is 11.8 Å². The van der Waals surface area contributed by atoms with Crippen LogP contribution in [0.5, 0.6) is 0 Å². The highest BCUT2D eigenvalue weighted by molar-refractivity contribution is 7.10. The van der Waals surface area contributed by atoms with Crippen LogP contribution in [0.3, 0.4) is 0 Å². The van der Waals surface area contributed by atoms with Crippen LogP contribution in [0.4, 0.5) is 0 Å². The van der Waals surface area contributed by atoms with Gasteiger partial charge in [-0.2, -0.15) is 0 Å².